The summed E-state index contributed by atoms with van der Waals surface area (Å²) in [5.74, 6) is 1.02. The highest BCUT2D eigenvalue weighted by Crippen LogP contribution is 2.08. The van der Waals surface area contributed by atoms with Gasteiger partial charge in [-0.3, -0.25) is 9.69 Å². The molecule has 82 valence electrons. The normalized spacial score (nSPS) is 16.3. The molecular formula is C9H14N4O2. The first-order valence-corrected chi connectivity index (χ1v) is 4.89. The van der Waals surface area contributed by atoms with E-state index in [4.69, 9.17) is 4.74 Å². The van der Waals surface area contributed by atoms with Gasteiger partial charge in [0.2, 0.25) is 0 Å². The van der Waals surface area contributed by atoms with Crippen LogP contribution in [0.1, 0.15) is 5.82 Å². The van der Waals surface area contributed by atoms with Crippen molar-refractivity contribution in [2.45, 2.75) is 13.1 Å². The second kappa shape index (κ2) is 4.50. The van der Waals surface area contributed by atoms with Crippen molar-refractivity contribution in [3.63, 3.8) is 0 Å². The van der Waals surface area contributed by atoms with Crippen molar-refractivity contribution in [1.82, 2.24) is 19.7 Å². The van der Waals surface area contributed by atoms with Gasteiger partial charge in [0.25, 0.3) is 0 Å². The lowest BCUT2D eigenvalue weighted by atomic mass is 10.3. The van der Waals surface area contributed by atoms with Crippen LogP contribution >= 0.6 is 0 Å². The van der Waals surface area contributed by atoms with Crippen molar-refractivity contribution in [2.75, 3.05) is 26.8 Å². The van der Waals surface area contributed by atoms with Crippen LogP contribution in [-0.4, -0.2) is 52.3 Å². The molecule has 0 N–H and O–H groups in total. The maximum atomic E-state index is 11.4. The Labute approximate surface area is 87.8 Å². The summed E-state index contributed by atoms with van der Waals surface area (Å²) in [4.78, 5) is 13.4. The second-order valence-corrected chi connectivity index (χ2v) is 3.62. The van der Waals surface area contributed by atoms with E-state index < -0.39 is 0 Å². The maximum absolute atomic E-state index is 11.4. The third-order valence-electron chi connectivity index (χ3n) is 2.42. The van der Waals surface area contributed by atoms with E-state index in [9.17, 15) is 4.79 Å². The van der Waals surface area contributed by atoms with Crippen LogP contribution in [0.4, 0.5) is 0 Å². The van der Waals surface area contributed by atoms with Crippen LogP contribution in [0.3, 0.4) is 0 Å². The molecule has 15 heavy (non-hydrogen) atoms. The quantitative estimate of drug-likeness (QED) is 0.658. The Bertz CT molecular complexity index is 350. The van der Waals surface area contributed by atoms with Crippen LogP contribution in [-0.2, 0) is 22.6 Å². The minimum absolute atomic E-state index is 0.102. The van der Waals surface area contributed by atoms with Gasteiger partial charge in [-0.05, 0) is 0 Å². The van der Waals surface area contributed by atoms with Gasteiger partial charge in [-0.1, -0.05) is 0 Å². The number of ether oxygens (including phenoxy) is 1. The van der Waals surface area contributed by atoms with Crippen molar-refractivity contribution in [3.05, 3.63) is 12.2 Å². The number of methoxy groups -OCH3 is 1. The van der Waals surface area contributed by atoms with Crippen molar-refractivity contribution >= 4 is 5.78 Å². The lowest BCUT2D eigenvalue weighted by Gasteiger charge is -2.25. The Morgan fingerprint density at radius 1 is 1.60 bits per heavy atom. The Kier molecular flexibility index (Phi) is 3.08. The number of nitrogens with zero attached hydrogens (tertiary/aromatic N) is 4. The molecule has 2 heterocycles. The number of Topliss-reactive ketones (excluding diaryl/α,β-unsaturated/α-hetero) is 1. The van der Waals surface area contributed by atoms with E-state index in [1.807, 2.05) is 4.57 Å². The number of ketones is 1. The molecular weight excluding hydrogens is 196 g/mol. The van der Waals surface area contributed by atoms with Gasteiger partial charge >= 0.3 is 0 Å². The molecule has 0 aliphatic carbocycles. The van der Waals surface area contributed by atoms with Gasteiger partial charge in [0.1, 0.15) is 18.8 Å². The molecule has 0 bridgehead atoms. The number of hydrogen-bond donors (Lipinski definition) is 0. The van der Waals surface area contributed by atoms with E-state index in [1.54, 1.807) is 6.33 Å². The Morgan fingerprint density at radius 2 is 2.47 bits per heavy atom. The van der Waals surface area contributed by atoms with Gasteiger partial charge < -0.3 is 9.30 Å². The van der Waals surface area contributed by atoms with Crippen LogP contribution in [0.2, 0.25) is 0 Å². The SMILES string of the molecule is COCC(=O)CN1CCn2cnnc2C1. The molecule has 0 aromatic carbocycles. The molecule has 0 radical (unpaired) electrons. The largest absolute Gasteiger partial charge is 0.377 e. The topological polar surface area (TPSA) is 60.2 Å². The highest BCUT2D eigenvalue weighted by molar-refractivity contribution is 5.81. The zero-order valence-electron chi connectivity index (χ0n) is 8.72. The van der Waals surface area contributed by atoms with Crippen LogP contribution < -0.4 is 0 Å². The fourth-order valence-electron chi connectivity index (χ4n) is 1.71. The van der Waals surface area contributed by atoms with Gasteiger partial charge in [0.15, 0.2) is 5.78 Å². The summed E-state index contributed by atoms with van der Waals surface area (Å²) < 4.78 is 6.80. The van der Waals surface area contributed by atoms with E-state index >= 15 is 0 Å². The van der Waals surface area contributed by atoms with E-state index in [0.717, 1.165) is 18.9 Å². The standard InChI is InChI=1S/C9H14N4O2/c1-15-6-8(14)4-12-2-3-13-7-10-11-9(13)5-12/h7H,2-6H2,1H3. The van der Waals surface area contributed by atoms with Gasteiger partial charge in [0.05, 0.1) is 13.1 Å². The van der Waals surface area contributed by atoms with Gasteiger partial charge in [-0.25, -0.2) is 0 Å². The van der Waals surface area contributed by atoms with Crippen molar-refractivity contribution in [2.24, 2.45) is 0 Å². The van der Waals surface area contributed by atoms with Crippen LogP contribution in [0.25, 0.3) is 0 Å². The fourth-order valence-corrected chi connectivity index (χ4v) is 1.71. The molecule has 6 heteroatoms. The van der Waals surface area contributed by atoms with Crippen LogP contribution in [0.5, 0.6) is 0 Å². The van der Waals surface area contributed by atoms with Crippen LogP contribution in [0.15, 0.2) is 6.33 Å². The molecule has 0 fully saturated rings. The molecule has 0 amide bonds. The summed E-state index contributed by atoms with van der Waals surface area (Å²) in [7, 11) is 1.53. The molecule has 1 aromatic heterocycles. The summed E-state index contributed by atoms with van der Waals surface area (Å²) in [5.41, 5.74) is 0. The Hall–Kier alpha value is -1.27. The fraction of sp³-hybridized carbons (Fsp3) is 0.667. The minimum atomic E-state index is 0.102. The summed E-state index contributed by atoms with van der Waals surface area (Å²) >= 11 is 0. The zero-order valence-corrected chi connectivity index (χ0v) is 8.72. The lowest BCUT2D eigenvalue weighted by Crippen LogP contribution is -2.38. The molecule has 0 saturated carbocycles. The van der Waals surface area contributed by atoms with Crippen LogP contribution in [0, 0.1) is 0 Å². The molecule has 2 rings (SSSR count). The van der Waals surface area contributed by atoms with E-state index in [0.29, 0.717) is 13.1 Å². The van der Waals surface area contributed by atoms with Gasteiger partial charge in [-0.15, -0.1) is 10.2 Å². The number of rotatable bonds is 4. The molecule has 6 nitrogen and oxygen atoms in total. The van der Waals surface area contributed by atoms with Gasteiger partial charge in [0, 0.05) is 20.2 Å². The number of carbonyl (C=O) groups excluding carboxylic acids is 1. The Balaban J connectivity index is 1.90. The monoisotopic (exact) mass is 210 g/mol. The summed E-state index contributed by atoms with van der Waals surface area (Å²) in [6, 6.07) is 0. The second-order valence-electron chi connectivity index (χ2n) is 3.62. The molecule has 1 aromatic rings. The number of aromatic nitrogens is 3. The zero-order chi connectivity index (χ0) is 10.7. The average molecular weight is 210 g/mol. The van der Waals surface area contributed by atoms with E-state index in [-0.39, 0.29) is 12.4 Å². The minimum Gasteiger partial charge on any atom is -0.377 e. The summed E-state index contributed by atoms with van der Waals surface area (Å²) in [5, 5.41) is 7.82. The summed E-state index contributed by atoms with van der Waals surface area (Å²) in [6.07, 6.45) is 1.73. The summed E-state index contributed by atoms with van der Waals surface area (Å²) in [6.45, 7) is 3.02. The predicted molar refractivity (Wildman–Crippen MR) is 52.2 cm³/mol. The first-order valence-electron chi connectivity index (χ1n) is 4.89. The third kappa shape index (κ3) is 2.40. The third-order valence-corrected chi connectivity index (χ3v) is 2.42. The lowest BCUT2D eigenvalue weighted by molar-refractivity contribution is -0.124. The molecule has 1 aliphatic heterocycles. The number of fused-ring (bicyclic) bond motifs is 1. The molecule has 0 atom stereocenters. The molecule has 0 saturated heterocycles. The first-order chi connectivity index (χ1) is 7.29. The molecule has 1 aliphatic rings. The molecule has 0 spiro atoms. The maximum Gasteiger partial charge on any atom is 0.172 e. The average Bonchev–Trinajstić information content (AvgIpc) is 2.65. The highest BCUT2D eigenvalue weighted by Gasteiger charge is 2.18. The number of carbonyl (C=O) groups is 1. The molecule has 0 unspecified atom stereocenters. The first kappa shape index (κ1) is 10.3. The van der Waals surface area contributed by atoms with E-state index in [1.165, 1.54) is 7.11 Å². The highest BCUT2D eigenvalue weighted by atomic mass is 16.5. The Morgan fingerprint density at radius 3 is 3.27 bits per heavy atom. The predicted octanol–water partition coefficient (Wildman–Crippen LogP) is -0.691. The van der Waals surface area contributed by atoms with Crippen molar-refractivity contribution in [3.8, 4) is 0 Å². The van der Waals surface area contributed by atoms with Crippen molar-refractivity contribution in [1.29, 1.82) is 0 Å². The van der Waals surface area contributed by atoms with Gasteiger partial charge in [-0.2, -0.15) is 0 Å². The van der Waals surface area contributed by atoms with Crippen molar-refractivity contribution < 1.29 is 9.53 Å². The van der Waals surface area contributed by atoms with E-state index in [2.05, 4.69) is 15.1 Å². The smallest absolute Gasteiger partial charge is 0.172 e. The number of hydrogen-bond acceptors (Lipinski definition) is 5.